The normalized spacial score (nSPS) is 11.2. The average Bonchev–Trinajstić information content (AvgIpc) is 2.47. The van der Waals surface area contributed by atoms with Gasteiger partial charge in [0.15, 0.2) is 6.61 Å². The van der Waals surface area contributed by atoms with Crippen molar-refractivity contribution >= 4 is 21.9 Å². The number of ether oxygens (including phenoxy) is 2. The summed E-state index contributed by atoms with van der Waals surface area (Å²) in [7, 11) is 0. The highest BCUT2D eigenvalue weighted by molar-refractivity contribution is 9.10. The summed E-state index contributed by atoms with van der Waals surface area (Å²) in [5.74, 6) is 0.781. The molecule has 23 heavy (non-hydrogen) atoms. The van der Waals surface area contributed by atoms with Gasteiger partial charge in [0.1, 0.15) is 11.5 Å². The first-order chi connectivity index (χ1) is 10.8. The Balaban J connectivity index is 2.08. The fourth-order valence-electron chi connectivity index (χ4n) is 2.17. The molecule has 0 radical (unpaired) electrons. The molecule has 0 heterocycles. The van der Waals surface area contributed by atoms with E-state index in [-0.39, 0.29) is 12.0 Å². The van der Waals surface area contributed by atoms with Crippen LogP contribution in [0, 0.1) is 6.92 Å². The fourth-order valence-corrected chi connectivity index (χ4v) is 2.57. The lowest BCUT2D eigenvalue weighted by molar-refractivity contribution is -0.136. The van der Waals surface area contributed by atoms with Crippen LogP contribution in [0.5, 0.6) is 11.5 Å². The summed E-state index contributed by atoms with van der Waals surface area (Å²) in [5, 5.41) is 0. The van der Waals surface area contributed by atoms with E-state index in [1.165, 1.54) is 0 Å². The van der Waals surface area contributed by atoms with Crippen LogP contribution in [0.2, 0.25) is 0 Å². The fraction of sp³-hybridized carbons (Fsp3) is 0.316. The second-order valence-corrected chi connectivity index (χ2v) is 7.30. The van der Waals surface area contributed by atoms with Crippen molar-refractivity contribution in [1.29, 1.82) is 0 Å². The largest absolute Gasteiger partial charge is 0.481 e. The maximum Gasteiger partial charge on any atom is 0.349 e. The first-order valence-corrected chi connectivity index (χ1v) is 8.26. The molecule has 0 aliphatic rings. The molecule has 0 aliphatic heterocycles. The van der Waals surface area contributed by atoms with Gasteiger partial charge in [-0.2, -0.15) is 0 Å². The van der Waals surface area contributed by atoms with Gasteiger partial charge in [0.05, 0.1) is 4.47 Å². The summed E-state index contributed by atoms with van der Waals surface area (Å²) < 4.78 is 11.8. The maximum absolute atomic E-state index is 12.1. The third-order valence-corrected chi connectivity index (χ3v) is 4.00. The molecule has 0 aromatic heterocycles. The molecule has 2 aromatic carbocycles. The minimum Gasteiger partial charge on any atom is -0.481 e. The molecule has 4 heteroatoms. The van der Waals surface area contributed by atoms with Crippen molar-refractivity contribution in [3.8, 4) is 11.5 Å². The molecule has 0 spiro atoms. The number of esters is 1. The summed E-state index contributed by atoms with van der Waals surface area (Å²) in [6, 6.07) is 13.2. The Hall–Kier alpha value is -1.81. The number of benzene rings is 2. The van der Waals surface area contributed by atoms with Crippen molar-refractivity contribution in [2.24, 2.45) is 0 Å². The molecule has 0 unspecified atom stereocenters. The molecule has 2 aromatic rings. The van der Waals surface area contributed by atoms with Gasteiger partial charge in [-0.15, -0.1) is 0 Å². The summed E-state index contributed by atoms with van der Waals surface area (Å²) in [6.07, 6.45) is 0. The number of carbonyl (C=O) groups excluding carboxylic acids is 1. The number of rotatable bonds is 4. The summed E-state index contributed by atoms with van der Waals surface area (Å²) >= 11 is 3.38. The Morgan fingerprint density at radius 1 is 1.09 bits per heavy atom. The van der Waals surface area contributed by atoms with E-state index in [1.54, 1.807) is 6.07 Å². The van der Waals surface area contributed by atoms with Gasteiger partial charge in [0, 0.05) is 5.56 Å². The Morgan fingerprint density at radius 3 is 2.43 bits per heavy atom. The van der Waals surface area contributed by atoms with Crippen LogP contribution >= 0.6 is 15.9 Å². The van der Waals surface area contributed by atoms with Gasteiger partial charge in [0.2, 0.25) is 0 Å². The van der Waals surface area contributed by atoms with E-state index in [0.717, 1.165) is 15.6 Å². The van der Waals surface area contributed by atoms with Gasteiger partial charge >= 0.3 is 5.97 Å². The molecule has 0 N–H and O–H groups in total. The molecular weight excluding hydrogens is 356 g/mol. The lowest BCUT2D eigenvalue weighted by Crippen LogP contribution is -2.21. The Kier molecular flexibility index (Phi) is 5.47. The molecule has 122 valence electrons. The molecule has 0 saturated heterocycles. The van der Waals surface area contributed by atoms with Crippen LogP contribution < -0.4 is 9.47 Å². The molecule has 0 saturated carbocycles. The molecule has 2 rings (SSSR count). The lowest BCUT2D eigenvalue weighted by atomic mass is 9.85. The van der Waals surface area contributed by atoms with Crippen LogP contribution in [0.15, 0.2) is 46.9 Å². The highest BCUT2D eigenvalue weighted by Gasteiger charge is 2.21. The van der Waals surface area contributed by atoms with E-state index >= 15 is 0 Å². The Morgan fingerprint density at radius 2 is 1.78 bits per heavy atom. The molecule has 0 bridgehead atoms. The quantitative estimate of drug-likeness (QED) is 0.553. The Labute approximate surface area is 145 Å². The number of halogens is 1. The predicted octanol–water partition coefficient (Wildman–Crippen LogP) is 5.04. The smallest absolute Gasteiger partial charge is 0.349 e. The van der Waals surface area contributed by atoms with Gasteiger partial charge in [-0.25, -0.2) is 4.79 Å². The SMILES string of the molecule is Cc1ccc(OC(=O)COc2ccccc2Br)c(C(C)(C)C)c1. The third kappa shape index (κ3) is 4.83. The second kappa shape index (κ2) is 7.18. The van der Waals surface area contributed by atoms with Crippen molar-refractivity contribution in [3.63, 3.8) is 0 Å². The average molecular weight is 377 g/mol. The van der Waals surface area contributed by atoms with Crippen molar-refractivity contribution in [2.75, 3.05) is 6.61 Å². The van der Waals surface area contributed by atoms with E-state index in [1.807, 2.05) is 37.3 Å². The van der Waals surface area contributed by atoms with Gasteiger partial charge < -0.3 is 9.47 Å². The van der Waals surface area contributed by atoms with Crippen molar-refractivity contribution < 1.29 is 14.3 Å². The van der Waals surface area contributed by atoms with Gasteiger partial charge in [-0.05, 0) is 46.5 Å². The molecule has 0 amide bonds. The maximum atomic E-state index is 12.1. The molecule has 0 atom stereocenters. The zero-order valence-electron chi connectivity index (χ0n) is 13.9. The highest BCUT2D eigenvalue weighted by atomic mass is 79.9. The topological polar surface area (TPSA) is 35.5 Å². The highest BCUT2D eigenvalue weighted by Crippen LogP contribution is 2.32. The van der Waals surface area contributed by atoms with Crippen molar-refractivity contribution in [2.45, 2.75) is 33.1 Å². The minimum absolute atomic E-state index is 0.106. The van der Waals surface area contributed by atoms with Gasteiger partial charge in [0.25, 0.3) is 0 Å². The van der Waals surface area contributed by atoms with Crippen LogP contribution in [0.3, 0.4) is 0 Å². The van der Waals surface area contributed by atoms with Crippen molar-refractivity contribution in [3.05, 3.63) is 58.1 Å². The van der Waals surface area contributed by atoms with E-state index in [9.17, 15) is 4.79 Å². The van der Waals surface area contributed by atoms with E-state index < -0.39 is 5.97 Å². The molecule has 0 aliphatic carbocycles. The van der Waals surface area contributed by atoms with Crippen LogP contribution in [0.25, 0.3) is 0 Å². The summed E-state index contributed by atoms with van der Waals surface area (Å²) in [4.78, 5) is 12.1. The summed E-state index contributed by atoms with van der Waals surface area (Å²) in [5.41, 5.74) is 2.04. The first-order valence-electron chi connectivity index (χ1n) is 7.46. The molecule has 3 nitrogen and oxygen atoms in total. The van der Waals surface area contributed by atoms with Crippen LogP contribution in [-0.4, -0.2) is 12.6 Å². The zero-order chi connectivity index (χ0) is 17.0. The molecule has 0 fully saturated rings. The van der Waals surface area contributed by atoms with E-state index in [4.69, 9.17) is 9.47 Å². The number of hydrogen-bond donors (Lipinski definition) is 0. The van der Waals surface area contributed by atoms with Crippen LogP contribution in [0.1, 0.15) is 31.9 Å². The van der Waals surface area contributed by atoms with Crippen LogP contribution in [0.4, 0.5) is 0 Å². The lowest BCUT2D eigenvalue weighted by Gasteiger charge is -2.22. The number of carbonyl (C=O) groups is 1. The van der Waals surface area contributed by atoms with Crippen molar-refractivity contribution in [1.82, 2.24) is 0 Å². The predicted molar refractivity (Wildman–Crippen MR) is 95.2 cm³/mol. The molecular formula is C19H21BrO3. The van der Waals surface area contributed by atoms with Gasteiger partial charge in [-0.1, -0.05) is 50.6 Å². The van der Waals surface area contributed by atoms with E-state index in [0.29, 0.717) is 11.5 Å². The summed E-state index contributed by atoms with van der Waals surface area (Å²) in [6.45, 7) is 8.17. The van der Waals surface area contributed by atoms with Crippen LogP contribution in [-0.2, 0) is 10.2 Å². The Bertz CT molecular complexity index is 702. The minimum atomic E-state index is -0.421. The van der Waals surface area contributed by atoms with E-state index in [2.05, 4.69) is 42.8 Å². The standard InChI is InChI=1S/C19H21BrO3/c1-13-9-10-16(14(11-13)19(2,3)4)23-18(21)12-22-17-8-6-5-7-15(17)20/h5-11H,12H2,1-4H3. The third-order valence-electron chi connectivity index (χ3n) is 3.35. The second-order valence-electron chi connectivity index (χ2n) is 6.44. The first kappa shape index (κ1) is 17.5. The van der Waals surface area contributed by atoms with Gasteiger partial charge in [-0.3, -0.25) is 0 Å². The monoisotopic (exact) mass is 376 g/mol. The number of aryl methyl sites for hydroxylation is 1. The zero-order valence-corrected chi connectivity index (χ0v) is 15.4. The number of hydrogen-bond acceptors (Lipinski definition) is 3. The number of para-hydroxylation sites is 1.